The van der Waals surface area contributed by atoms with Crippen molar-refractivity contribution in [2.75, 3.05) is 19.6 Å². The molecule has 5 heteroatoms. The molecule has 1 saturated heterocycles. The summed E-state index contributed by atoms with van der Waals surface area (Å²) in [6.45, 7) is 4.27. The normalized spacial score (nSPS) is 15.2. The van der Waals surface area contributed by atoms with Crippen molar-refractivity contribution in [3.05, 3.63) is 36.0 Å². The van der Waals surface area contributed by atoms with E-state index in [9.17, 15) is 9.59 Å². The maximum atomic E-state index is 12.0. The first kappa shape index (κ1) is 15.6. The number of aryl methyl sites for hydroxylation is 1. The summed E-state index contributed by atoms with van der Waals surface area (Å²) >= 11 is 0. The minimum Gasteiger partial charge on any atom is -0.353 e. The SMILES string of the molecule is Cc1cc2ccccc2n1CCNC(=O)CN1CCCCC1=O. The van der Waals surface area contributed by atoms with E-state index in [0.717, 1.165) is 19.4 Å². The highest BCUT2D eigenvalue weighted by molar-refractivity contribution is 5.85. The number of para-hydroxylation sites is 1. The first-order valence-corrected chi connectivity index (χ1v) is 8.24. The Balaban J connectivity index is 1.53. The van der Waals surface area contributed by atoms with Gasteiger partial charge in [-0.1, -0.05) is 18.2 Å². The second-order valence-electron chi connectivity index (χ2n) is 6.12. The molecule has 1 aromatic carbocycles. The molecule has 1 aliphatic heterocycles. The molecule has 0 aliphatic carbocycles. The van der Waals surface area contributed by atoms with Crippen molar-refractivity contribution in [1.82, 2.24) is 14.8 Å². The Kier molecular flexibility index (Phi) is 4.65. The molecule has 2 heterocycles. The summed E-state index contributed by atoms with van der Waals surface area (Å²) in [6.07, 6.45) is 2.51. The van der Waals surface area contributed by atoms with Crippen LogP contribution in [0.2, 0.25) is 0 Å². The van der Waals surface area contributed by atoms with E-state index in [1.54, 1.807) is 4.90 Å². The fourth-order valence-electron chi connectivity index (χ4n) is 3.21. The Morgan fingerprint density at radius 1 is 1.26 bits per heavy atom. The number of hydrogen-bond acceptors (Lipinski definition) is 2. The van der Waals surface area contributed by atoms with Gasteiger partial charge in [0.2, 0.25) is 11.8 Å². The number of piperidine rings is 1. The number of amides is 2. The minimum absolute atomic E-state index is 0.0747. The fraction of sp³-hybridized carbons (Fsp3) is 0.444. The van der Waals surface area contributed by atoms with Crippen molar-refractivity contribution in [3.63, 3.8) is 0 Å². The van der Waals surface area contributed by atoms with Crippen LogP contribution in [0.25, 0.3) is 10.9 Å². The third-order valence-corrected chi connectivity index (χ3v) is 4.43. The van der Waals surface area contributed by atoms with E-state index in [2.05, 4.69) is 35.0 Å². The monoisotopic (exact) mass is 313 g/mol. The summed E-state index contributed by atoms with van der Waals surface area (Å²) in [5, 5.41) is 4.14. The highest BCUT2D eigenvalue weighted by Crippen LogP contribution is 2.18. The number of carbonyl (C=O) groups is 2. The minimum atomic E-state index is -0.0747. The molecule has 0 saturated carbocycles. The van der Waals surface area contributed by atoms with Crippen LogP contribution in [-0.4, -0.2) is 40.9 Å². The van der Waals surface area contributed by atoms with Gasteiger partial charge in [0.25, 0.3) is 0 Å². The molecule has 0 radical (unpaired) electrons. The number of nitrogens with one attached hydrogen (secondary N) is 1. The van der Waals surface area contributed by atoms with Crippen LogP contribution >= 0.6 is 0 Å². The Morgan fingerprint density at radius 3 is 2.91 bits per heavy atom. The Hall–Kier alpha value is -2.30. The van der Waals surface area contributed by atoms with Crippen LogP contribution in [0.4, 0.5) is 0 Å². The molecular formula is C18H23N3O2. The predicted molar refractivity (Wildman–Crippen MR) is 90.1 cm³/mol. The van der Waals surface area contributed by atoms with Crippen molar-refractivity contribution in [2.45, 2.75) is 32.7 Å². The summed E-state index contributed by atoms with van der Waals surface area (Å²) < 4.78 is 2.21. The molecule has 122 valence electrons. The summed E-state index contributed by atoms with van der Waals surface area (Å²) in [5.74, 6) is 0.0213. The number of benzene rings is 1. The standard InChI is InChI=1S/C18H23N3O2/c1-14-12-15-6-2-3-7-16(15)21(14)11-9-19-17(22)13-20-10-5-4-8-18(20)23/h2-3,6-7,12H,4-5,8-11,13H2,1H3,(H,19,22). The molecule has 3 rings (SSSR count). The lowest BCUT2D eigenvalue weighted by atomic mass is 10.1. The smallest absolute Gasteiger partial charge is 0.239 e. The number of fused-ring (bicyclic) bond motifs is 1. The van der Waals surface area contributed by atoms with Crippen LogP contribution in [0.1, 0.15) is 25.0 Å². The molecule has 2 amide bonds. The van der Waals surface area contributed by atoms with Crippen molar-refractivity contribution in [2.24, 2.45) is 0 Å². The van der Waals surface area contributed by atoms with Gasteiger partial charge in [-0.05, 0) is 37.3 Å². The van der Waals surface area contributed by atoms with Crippen molar-refractivity contribution in [3.8, 4) is 0 Å². The maximum absolute atomic E-state index is 12.0. The first-order chi connectivity index (χ1) is 11.1. The van der Waals surface area contributed by atoms with Gasteiger partial charge in [-0.25, -0.2) is 0 Å². The molecule has 0 spiro atoms. The Labute approximate surface area is 136 Å². The number of nitrogens with zero attached hydrogens (tertiary/aromatic N) is 2. The van der Waals surface area contributed by atoms with Gasteiger partial charge in [0.15, 0.2) is 0 Å². The number of rotatable bonds is 5. The summed E-state index contributed by atoms with van der Waals surface area (Å²) in [4.78, 5) is 25.4. The molecule has 1 aliphatic rings. The zero-order valence-corrected chi connectivity index (χ0v) is 13.5. The third-order valence-electron chi connectivity index (χ3n) is 4.43. The predicted octanol–water partition coefficient (Wildman–Crippen LogP) is 2.08. The van der Waals surface area contributed by atoms with Gasteiger partial charge in [0.05, 0.1) is 6.54 Å². The third kappa shape index (κ3) is 3.55. The molecule has 1 fully saturated rings. The lowest BCUT2D eigenvalue weighted by Crippen LogP contribution is -2.43. The van der Waals surface area contributed by atoms with Crippen LogP contribution in [0.15, 0.2) is 30.3 Å². The van der Waals surface area contributed by atoms with Crippen LogP contribution in [0.5, 0.6) is 0 Å². The van der Waals surface area contributed by atoms with Crippen molar-refractivity contribution >= 4 is 22.7 Å². The number of hydrogen-bond donors (Lipinski definition) is 1. The molecule has 0 unspecified atom stereocenters. The van der Waals surface area contributed by atoms with Gasteiger partial charge in [0.1, 0.15) is 0 Å². The van der Waals surface area contributed by atoms with E-state index in [0.29, 0.717) is 19.5 Å². The summed E-state index contributed by atoms with van der Waals surface area (Å²) in [6, 6.07) is 10.4. The molecule has 23 heavy (non-hydrogen) atoms. The lowest BCUT2D eigenvalue weighted by molar-refractivity contribution is -0.137. The van der Waals surface area contributed by atoms with Gasteiger partial charge in [-0.15, -0.1) is 0 Å². The zero-order chi connectivity index (χ0) is 16.2. The van der Waals surface area contributed by atoms with E-state index in [-0.39, 0.29) is 18.4 Å². The average Bonchev–Trinajstić information content (AvgIpc) is 2.86. The number of carbonyl (C=O) groups excluding carboxylic acids is 2. The van der Waals surface area contributed by atoms with Gasteiger partial charge in [-0.2, -0.15) is 0 Å². The van der Waals surface area contributed by atoms with Crippen molar-refractivity contribution < 1.29 is 9.59 Å². The zero-order valence-electron chi connectivity index (χ0n) is 13.5. The largest absolute Gasteiger partial charge is 0.353 e. The molecule has 1 N–H and O–H groups in total. The molecule has 1 aromatic heterocycles. The van der Waals surface area contributed by atoms with Gasteiger partial charge >= 0.3 is 0 Å². The highest BCUT2D eigenvalue weighted by atomic mass is 16.2. The molecule has 5 nitrogen and oxygen atoms in total. The van der Waals surface area contributed by atoms with Crippen LogP contribution < -0.4 is 5.32 Å². The van der Waals surface area contributed by atoms with Gasteiger partial charge < -0.3 is 14.8 Å². The first-order valence-electron chi connectivity index (χ1n) is 8.24. The highest BCUT2D eigenvalue weighted by Gasteiger charge is 2.20. The second-order valence-corrected chi connectivity index (χ2v) is 6.12. The van der Waals surface area contributed by atoms with Crippen LogP contribution in [0.3, 0.4) is 0 Å². The summed E-state index contributed by atoms with van der Waals surface area (Å²) in [5.41, 5.74) is 2.37. The van der Waals surface area contributed by atoms with E-state index in [1.165, 1.54) is 16.6 Å². The average molecular weight is 313 g/mol. The number of likely N-dealkylation sites (tertiary alicyclic amines) is 1. The van der Waals surface area contributed by atoms with E-state index in [1.807, 2.05) is 12.1 Å². The second kappa shape index (κ2) is 6.86. The topological polar surface area (TPSA) is 54.3 Å². The van der Waals surface area contributed by atoms with E-state index in [4.69, 9.17) is 0 Å². The van der Waals surface area contributed by atoms with Crippen LogP contribution in [0, 0.1) is 6.92 Å². The molecule has 2 aromatic rings. The van der Waals surface area contributed by atoms with E-state index >= 15 is 0 Å². The Morgan fingerprint density at radius 2 is 2.09 bits per heavy atom. The molecular weight excluding hydrogens is 290 g/mol. The maximum Gasteiger partial charge on any atom is 0.239 e. The molecule has 0 bridgehead atoms. The lowest BCUT2D eigenvalue weighted by Gasteiger charge is -2.26. The van der Waals surface area contributed by atoms with E-state index < -0.39 is 0 Å². The van der Waals surface area contributed by atoms with Gasteiger partial charge in [0, 0.05) is 37.3 Å². The number of aromatic nitrogens is 1. The Bertz CT molecular complexity index is 720. The van der Waals surface area contributed by atoms with Gasteiger partial charge in [-0.3, -0.25) is 9.59 Å². The fourth-order valence-corrected chi connectivity index (χ4v) is 3.21. The van der Waals surface area contributed by atoms with Crippen LogP contribution in [-0.2, 0) is 16.1 Å². The molecule has 0 atom stereocenters. The van der Waals surface area contributed by atoms with Crippen molar-refractivity contribution in [1.29, 1.82) is 0 Å². The summed E-state index contributed by atoms with van der Waals surface area (Å²) in [7, 11) is 0. The quantitative estimate of drug-likeness (QED) is 0.919.